The molecule has 5 heteroatoms. The van der Waals surface area contributed by atoms with Gasteiger partial charge in [0, 0.05) is 11.8 Å². The van der Waals surface area contributed by atoms with Crippen molar-refractivity contribution < 1.29 is 9.50 Å². The van der Waals surface area contributed by atoms with Gasteiger partial charge in [-0.3, -0.25) is 4.98 Å². The number of halogens is 2. The number of aromatic nitrogens is 1. The van der Waals surface area contributed by atoms with Gasteiger partial charge in [0.25, 0.3) is 0 Å². The fourth-order valence-electron chi connectivity index (χ4n) is 1.25. The summed E-state index contributed by atoms with van der Waals surface area (Å²) in [6.07, 6.45) is 0.588. The van der Waals surface area contributed by atoms with Crippen molar-refractivity contribution in [3.8, 4) is 0 Å². The zero-order chi connectivity index (χ0) is 10.8. The number of aliphatic hydroxyl groups is 1. The molecule has 0 aliphatic rings. The van der Waals surface area contributed by atoms with Crippen LogP contribution in [-0.4, -0.2) is 10.1 Å². The van der Waals surface area contributed by atoms with Crippen LogP contribution in [0.3, 0.4) is 0 Å². The van der Waals surface area contributed by atoms with Crippen molar-refractivity contribution in [1.82, 2.24) is 4.98 Å². The van der Waals surface area contributed by atoms with Crippen LogP contribution in [0.1, 0.15) is 16.5 Å². The normalized spacial score (nSPS) is 12.7. The fourth-order valence-corrected chi connectivity index (χ4v) is 2.25. The summed E-state index contributed by atoms with van der Waals surface area (Å²) < 4.78 is 14.0. The zero-order valence-electron chi connectivity index (χ0n) is 7.52. The van der Waals surface area contributed by atoms with E-state index in [0.717, 1.165) is 0 Å². The summed E-state index contributed by atoms with van der Waals surface area (Å²) >= 11 is 4.38. The number of aliphatic hydroxyl groups excluding tert-OH is 1. The first-order valence-corrected chi connectivity index (χ1v) is 5.88. The SMILES string of the molecule is OC(c1cncs1)c1cccc(Br)c1F. The average molecular weight is 288 g/mol. The van der Waals surface area contributed by atoms with Crippen molar-refractivity contribution in [2.45, 2.75) is 6.10 Å². The van der Waals surface area contributed by atoms with Gasteiger partial charge in [-0.25, -0.2) is 4.39 Å². The van der Waals surface area contributed by atoms with Crippen LogP contribution in [-0.2, 0) is 0 Å². The molecule has 1 aromatic heterocycles. The van der Waals surface area contributed by atoms with E-state index in [9.17, 15) is 9.50 Å². The third-order valence-corrected chi connectivity index (χ3v) is 3.44. The molecule has 1 unspecified atom stereocenters. The molecule has 1 heterocycles. The number of hydrogen-bond donors (Lipinski definition) is 1. The molecule has 1 aromatic carbocycles. The zero-order valence-corrected chi connectivity index (χ0v) is 9.93. The van der Waals surface area contributed by atoms with Crippen molar-refractivity contribution >= 4 is 27.3 Å². The van der Waals surface area contributed by atoms with E-state index in [4.69, 9.17) is 0 Å². The molecule has 0 aliphatic heterocycles. The van der Waals surface area contributed by atoms with Crippen LogP contribution >= 0.6 is 27.3 Å². The third-order valence-electron chi connectivity index (χ3n) is 2.00. The van der Waals surface area contributed by atoms with Crippen LogP contribution in [0.4, 0.5) is 4.39 Å². The lowest BCUT2D eigenvalue weighted by molar-refractivity contribution is 0.218. The van der Waals surface area contributed by atoms with Crippen molar-refractivity contribution in [3.05, 3.63) is 50.6 Å². The molecule has 0 bridgehead atoms. The second kappa shape index (κ2) is 4.38. The molecule has 0 amide bonds. The van der Waals surface area contributed by atoms with Crippen LogP contribution in [0, 0.1) is 5.82 Å². The largest absolute Gasteiger partial charge is 0.383 e. The van der Waals surface area contributed by atoms with E-state index in [1.54, 1.807) is 23.7 Å². The van der Waals surface area contributed by atoms with Gasteiger partial charge >= 0.3 is 0 Å². The minimum absolute atomic E-state index is 0.258. The second-order valence-electron chi connectivity index (χ2n) is 2.95. The van der Waals surface area contributed by atoms with E-state index in [0.29, 0.717) is 9.35 Å². The Morgan fingerprint density at radius 3 is 2.93 bits per heavy atom. The Bertz CT molecular complexity index is 460. The van der Waals surface area contributed by atoms with Gasteiger partial charge in [0.1, 0.15) is 11.9 Å². The molecular formula is C10H7BrFNOS. The summed E-state index contributed by atoms with van der Waals surface area (Å²) in [6.45, 7) is 0. The molecule has 0 fully saturated rings. The molecule has 0 spiro atoms. The maximum absolute atomic E-state index is 13.6. The molecule has 0 radical (unpaired) electrons. The predicted octanol–water partition coefficient (Wildman–Crippen LogP) is 3.13. The number of nitrogens with zero attached hydrogens (tertiary/aromatic N) is 1. The van der Waals surface area contributed by atoms with Gasteiger partial charge in [-0.2, -0.15) is 0 Å². The molecule has 0 saturated carbocycles. The maximum atomic E-state index is 13.6. The van der Waals surface area contributed by atoms with Gasteiger partial charge in [0.2, 0.25) is 0 Å². The maximum Gasteiger partial charge on any atom is 0.143 e. The average Bonchev–Trinajstić information content (AvgIpc) is 2.74. The second-order valence-corrected chi connectivity index (χ2v) is 4.72. The highest BCUT2D eigenvalue weighted by Crippen LogP contribution is 2.29. The molecule has 1 N–H and O–H groups in total. The van der Waals surface area contributed by atoms with Gasteiger partial charge in [0.05, 0.1) is 14.9 Å². The van der Waals surface area contributed by atoms with Crippen molar-refractivity contribution in [1.29, 1.82) is 0 Å². The Balaban J connectivity index is 2.42. The third kappa shape index (κ3) is 2.09. The summed E-state index contributed by atoms with van der Waals surface area (Å²) in [6, 6.07) is 4.84. The number of benzene rings is 1. The molecule has 15 heavy (non-hydrogen) atoms. The van der Waals surface area contributed by atoms with Gasteiger partial charge in [0.15, 0.2) is 0 Å². The van der Waals surface area contributed by atoms with E-state index in [2.05, 4.69) is 20.9 Å². The first-order valence-electron chi connectivity index (χ1n) is 4.20. The predicted molar refractivity (Wildman–Crippen MR) is 60.3 cm³/mol. The Morgan fingerprint density at radius 2 is 2.27 bits per heavy atom. The summed E-state index contributed by atoms with van der Waals surface area (Å²) in [5.41, 5.74) is 1.86. The quantitative estimate of drug-likeness (QED) is 0.921. The summed E-state index contributed by atoms with van der Waals surface area (Å²) in [7, 11) is 0. The Labute approximate surface area is 98.5 Å². The molecule has 0 aliphatic carbocycles. The lowest BCUT2D eigenvalue weighted by Gasteiger charge is -2.10. The van der Waals surface area contributed by atoms with Crippen LogP contribution in [0.25, 0.3) is 0 Å². The Hall–Kier alpha value is -0.780. The minimum atomic E-state index is -0.949. The topological polar surface area (TPSA) is 33.1 Å². The molecule has 2 rings (SSSR count). The molecule has 1 atom stereocenters. The van der Waals surface area contributed by atoms with Gasteiger partial charge in [-0.1, -0.05) is 12.1 Å². The first kappa shape index (κ1) is 10.7. The molecule has 2 nitrogen and oxygen atoms in total. The van der Waals surface area contributed by atoms with Crippen LogP contribution in [0.15, 0.2) is 34.4 Å². The van der Waals surface area contributed by atoms with Crippen LogP contribution < -0.4 is 0 Å². The highest BCUT2D eigenvalue weighted by atomic mass is 79.9. The Kier molecular flexibility index (Phi) is 3.14. The number of thiazole rings is 1. The Morgan fingerprint density at radius 1 is 1.47 bits per heavy atom. The van der Waals surface area contributed by atoms with Gasteiger partial charge in [-0.15, -0.1) is 11.3 Å². The number of rotatable bonds is 2. The van der Waals surface area contributed by atoms with Crippen molar-refractivity contribution in [2.75, 3.05) is 0 Å². The van der Waals surface area contributed by atoms with E-state index in [1.807, 2.05) is 0 Å². The monoisotopic (exact) mass is 287 g/mol. The number of hydrogen-bond acceptors (Lipinski definition) is 3. The van der Waals surface area contributed by atoms with Crippen molar-refractivity contribution in [3.63, 3.8) is 0 Å². The lowest BCUT2D eigenvalue weighted by atomic mass is 10.1. The molecule has 2 aromatic rings. The van der Waals surface area contributed by atoms with Gasteiger partial charge in [-0.05, 0) is 22.0 Å². The highest BCUT2D eigenvalue weighted by Gasteiger charge is 2.17. The van der Waals surface area contributed by atoms with Crippen LogP contribution in [0.5, 0.6) is 0 Å². The van der Waals surface area contributed by atoms with Crippen LogP contribution in [0.2, 0.25) is 0 Å². The minimum Gasteiger partial charge on any atom is -0.383 e. The summed E-state index contributed by atoms with van der Waals surface area (Å²) in [5, 5.41) is 9.90. The summed E-state index contributed by atoms with van der Waals surface area (Å²) in [4.78, 5) is 4.48. The lowest BCUT2D eigenvalue weighted by Crippen LogP contribution is -2.00. The van der Waals surface area contributed by atoms with E-state index < -0.39 is 11.9 Å². The van der Waals surface area contributed by atoms with E-state index >= 15 is 0 Å². The molecule has 0 saturated heterocycles. The first-order chi connectivity index (χ1) is 7.20. The fraction of sp³-hybridized carbons (Fsp3) is 0.100. The van der Waals surface area contributed by atoms with Gasteiger partial charge < -0.3 is 5.11 Å². The smallest absolute Gasteiger partial charge is 0.143 e. The molecular weight excluding hydrogens is 281 g/mol. The summed E-state index contributed by atoms with van der Waals surface area (Å²) in [5.74, 6) is -0.432. The van der Waals surface area contributed by atoms with E-state index in [-0.39, 0.29) is 5.56 Å². The standard InChI is InChI=1S/C10H7BrFNOS/c11-7-3-1-2-6(9(7)12)10(14)8-4-13-5-15-8/h1-5,10,14H. The highest BCUT2D eigenvalue weighted by molar-refractivity contribution is 9.10. The van der Waals surface area contributed by atoms with Crippen molar-refractivity contribution in [2.24, 2.45) is 0 Å². The van der Waals surface area contributed by atoms with E-state index in [1.165, 1.54) is 17.5 Å². The molecule has 78 valence electrons.